The number of nitrogens with zero attached hydrogens (tertiary/aromatic N) is 2. The number of aromatic nitrogens is 1. The first-order valence-corrected chi connectivity index (χ1v) is 7.26. The molecule has 6 heteroatoms. The molecule has 19 heavy (non-hydrogen) atoms. The van der Waals surface area contributed by atoms with E-state index in [0.717, 1.165) is 16.8 Å². The van der Waals surface area contributed by atoms with Crippen molar-refractivity contribution in [1.29, 1.82) is 0 Å². The van der Waals surface area contributed by atoms with Crippen LogP contribution in [0.1, 0.15) is 15.2 Å². The van der Waals surface area contributed by atoms with Crippen molar-refractivity contribution in [3.8, 4) is 0 Å². The third-order valence-electron chi connectivity index (χ3n) is 2.57. The van der Waals surface area contributed by atoms with E-state index in [1.165, 1.54) is 12.0 Å². The Hall–Kier alpha value is -1.40. The van der Waals surface area contributed by atoms with Crippen LogP contribution < -0.4 is 4.90 Å². The standard InChI is InChI=1S/C13H13BrN2O2S/c1-16(7-11-6-10(14)8-19-11)12-5-9(3-4-15-12)13(17)18-2/h3-6,8H,7H2,1-2H3. The van der Waals surface area contributed by atoms with Gasteiger partial charge in [0.05, 0.1) is 19.2 Å². The molecule has 0 unspecified atom stereocenters. The first-order valence-electron chi connectivity index (χ1n) is 5.58. The van der Waals surface area contributed by atoms with Crippen molar-refractivity contribution in [1.82, 2.24) is 4.98 Å². The molecule has 0 spiro atoms. The van der Waals surface area contributed by atoms with Crippen LogP contribution in [0.25, 0.3) is 0 Å². The minimum Gasteiger partial charge on any atom is -0.465 e. The summed E-state index contributed by atoms with van der Waals surface area (Å²) in [5.41, 5.74) is 0.506. The highest BCUT2D eigenvalue weighted by Crippen LogP contribution is 2.22. The summed E-state index contributed by atoms with van der Waals surface area (Å²) in [6.07, 6.45) is 1.61. The summed E-state index contributed by atoms with van der Waals surface area (Å²) in [7, 11) is 3.31. The Kier molecular flexibility index (Phi) is 4.55. The van der Waals surface area contributed by atoms with E-state index in [-0.39, 0.29) is 5.97 Å². The maximum Gasteiger partial charge on any atom is 0.338 e. The van der Waals surface area contributed by atoms with Crippen LogP contribution in [0.5, 0.6) is 0 Å². The van der Waals surface area contributed by atoms with Gasteiger partial charge in [0.1, 0.15) is 5.82 Å². The smallest absolute Gasteiger partial charge is 0.338 e. The number of halogens is 1. The van der Waals surface area contributed by atoms with Gasteiger partial charge in [-0.25, -0.2) is 9.78 Å². The maximum atomic E-state index is 11.5. The molecule has 0 N–H and O–H groups in total. The van der Waals surface area contributed by atoms with Gasteiger partial charge in [0.2, 0.25) is 0 Å². The molecule has 2 heterocycles. The largest absolute Gasteiger partial charge is 0.465 e. The van der Waals surface area contributed by atoms with Crippen molar-refractivity contribution in [3.05, 3.63) is 44.7 Å². The Labute approximate surface area is 124 Å². The molecule has 0 atom stereocenters. The highest BCUT2D eigenvalue weighted by Gasteiger charge is 2.10. The van der Waals surface area contributed by atoms with Crippen molar-refractivity contribution in [2.75, 3.05) is 19.1 Å². The molecule has 100 valence electrons. The summed E-state index contributed by atoms with van der Waals surface area (Å²) in [5.74, 6) is 0.392. The van der Waals surface area contributed by atoms with Crippen LogP contribution in [-0.4, -0.2) is 25.1 Å². The summed E-state index contributed by atoms with van der Waals surface area (Å²) in [4.78, 5) is 19.0. The minimum atomic E-state index is -0.351. The molecule has 0 aliphatic rings. The summed E-state index contributed by atoms with van der Waals surface area (Å²) >= 11 is 5.11. The van der Waals surface area contributed by atoms with Crippen LogP contribution in [0.2, 0.25) is 0 Å². The van der Waals surface area contributed by atoms with E-state index in [2.05, 4.69) is 27.0 Å². The van der Waals surface area contributed by atoms with Gasteiger partial charge in [-0.15, -0.1) is 11.3 Å². The lowest BCUT2D eigenvalue weighted by Gasteiger charge is -2.17. The molecule has 0 aliphatic heterocycles. The minimum absolute atomic E-state index is 0.351. The second-order valence-electron chi connectivity index (χ2n) is 3.98. The van der Waals surface area contributed by atoms with E-state index in [4.69, 9.17) is 4.74 Å². The van der Waals surface area contributed by atoms with Crippen LogP contribution in [-0.2, 0) is 11.3 Å². The van der Waals surface area contributed by atoms with Gasteiger partial charge in [-0.2, -0.15) is 0 Å². The first kappa shape index (κ1) is 14.0. The van der Waals surface area contributed by atoms with E-state index in [1.807, 2.05) is 17.3 Å². The van der Waals surface area contributed by atoms with Gasteiger partial charge >= 0.3 is 5.97 Å². The fourth-order valence-electron chi connectivity index (χ4n) is 1.62. The molecule has 0 fully saturated rings. The molecule has 0 saturated carbocycles. The topological polar surface area (TPSA) is 42.4 Å². The zero-order valence-corrected chi connectivity index (χ0v) is 13.0. The number of ether oxygens (including phenoxy) is 1. The van der Waals surface area contributed by atoms with E-state index in [0.29, 0.717) is 5.56 Å². The number of hydrogen-bond acceptors (Lipinski definition) is 5. The third-order valence-corrected chi connectivity index (χ3v) is 4.25. The monoisotopic (exact) mass is 340 g/mol. The molecule has 0 saturated heterocycles. The second kappa shape index (κ2) is 6.16. The van der Waals surface area contributed by atoms with Gasteiger partial charge in [-0.3, -0.25) is 0 Å². The SMILES string of the molecule is COC(=O)c1ccnc(N(C)Cc2cc(Br)cs2)c1. The zero-order valence-electron chi connectivity index (χ0n) is 10.6. The maximum absolute atomic E-state index is 11.5. The van der Waals surface area contributed by atoms with Gasteiger partial charge in [0, 0.05) is 28.0 Å². The van der Waals surface area contributed by atoms with E-state index in [9.17, 15) is 4.79 Å². The summed E-state index contributed by atoms with van der Waals surface area (Å²) in [5, 5.41) is 2.04. The first-order chi connectivity index (χ1) is 9.10. The molecule has 0 aliphatic carbocycles. The molecule has 0 radical (unpaired) electrons. The van der Waals surface area contributed by atoms with Gasteiger partial charge in [0.15, 0.2) is 0 Å². The van der Waals surface area contributed by atoms with Crippen molar-refractivity contribution in [3.63, 3.8) is 0 Å². The quantitative estimate of drug-likeness (QED) is 0.800. The normalized spacial score (nSPS) is 10.3. The number of anilines is 1. The van der Waals surface area contributed by atoms with Gasteiger partial charge in [0.25, 0.3) is 0 Å². The van der Waals surface area contributed by atoms with E-state index < -0.39 is 0 Å². The van der Waals surface area contributed by atoms with Crippen LogP contribution in [0.4, 0.5) is 5.82 Å². The molecule has 0 aromatic carbocycles. The van der Waals surface area contributed by atoms with Gasteiger partial charge < -0.3 is 9.64 Å². The Bertz CT molecular complexity index is 586. The number of pyridine rings is 1. The number of methoxy groups -OCH3 is 1. The molecule has 4 nitrogen and oxygen atoms in total. The summed E-state index contributed by atoms with van der Waals surface area (Å²) in [6.45, 7) is 0.744. The fourth-order valence-corrected chi connectivity index (χ4v) is 3.13. The van der Waals surface area contributed by atoms with Crippen LogP contribution in [0, 0.1) is 0 Å². The molecule has 2 aromatic heterocycles. The summed E-state index contributed by atoms with van der Waals surface area (Å²) < 4.78 is 5.78. The third kappa shape index (κ3) is 3.54. The number of carbonyl (C=O) groups excluding carboxylic acids is 1. The molecule has 2 rings (SSSR count). The number of carbonyl (C=O) groups is 1. The van der Waals surface area contributed by atoms with Gasteiger partial charge in [-0.05, 0) is 34.1 Å². The molecule has 2 aromatic rings. The number of esters is 1. The second-order valence-corrected chi connectivity index (χ2v) is 5.89. The Morgan fingerprint density at radius 2 is 2.32 bits per heavy atom. The van der Waals surface area contributed by atoms with Crippen LogP contribution in [0.15, 0.2) is 34.2 Å². The molecule has 0 bridgehead atoms. The number of thiophene rings is 1. The average molecular weight is 341 g/mol. The lowest BCUT2D eigenvalue weighted by molar-refractivity contribution is 0.0600. The van der Waals surface area contributed by atoms with E-state index in [1.54, 1.807) is 29.7 Å². The van der Waals surface area contributed by atoms with Crippen molar-refractivity contribution < 1.29 is 9.53 Å². The molecular weight excluding hydrogens is 328 g/mol. The Morgan fingerprint density at radius 3 is 2.95 bits per heavy atom. The highest BCUT2D eigenvalue weighted by molar-refractivity contribution is 9.10. The van der Waals surface area contributed by atoms with Crippen molar-refractivity contribution in [2.24, 2.45) is 0 Å². The fraction of sp³-hybridized carbons (Fsp3) is 0.231. The summed E-state index contributed by atoms with van der Waals surface area (Å²) in [6, 6.07) is 5.45. The van der Waals surface area contributed by atoms with Crippen LogP contribution >= 0.6 is 27.3 Å². The zero-order chi connectivity index (χ0) is 13.8. The predicted molar refractivity (Wildman–Crippen MR) is 79.7 cm³/mol. The van der Waals surface area contributed by atoms with Crippen molar-refractivity contribution >= 4 is 39.1 Å². The molecular formula is C13H13BrN2O2S. The number of rotatable bonds is 4. The molecule has 0 amide bonds. The number of hydrogen-bond donors (Lipinski definition) is 0. The van der Waals surface area contributed by atoms with Crippen LogP contribution in [0.3, 0.4) is 0 Å². The Balaban J connectivity index is 2.14. The highest BCUT2D eigenvalue weighted by atomic mass is 79.9. The lowest BCUT2D eigenvalue weighted by atomic mass is 10.2. The average Bonchev–Trinajstić information content (AvgIpc) is 2.83. The van der Waals surface area contributed by atoms with E-state index >= 15 is 0 Å². The Morgan fingerprint density at radius 1 is 1.53 bits per heavy atom. The lowest BCUT2D eigenvalue weighted by Crippen LogP contribution is -2.17. The predicted octanol–water partition coefficient (Wildman–Crippen LogP) is 3.33. The van der Waals surface area contributed by atoms with Gasteiger partial charge in [-0.1, -0.05) is 0 Å². The van der Waals surface area contributed by atoms with Crippen molar-refractivity contribution in [2.45, 2.75) is 6.54 Å².